The van der Waals surface area contributed by atoms with Gasteiger partial charge in [-0.25, -0.2) is 0 Å². The van der Waals surface area contributed by atoms with E-state index in [0.29, 0.717) is 0 Å². The van der Waals surface area contributed by atoms with Gasteiger partial charge in [0.2, 0.25) is 0 Å². The smallest absolute Gasteiger partial charge is 0.0776 e. The van der Waals surface area contributed by atoms with Crippen LogP contribution < -0.4 is 0 Å². The van der Waals surface area contributed by atoms with Crippen LogP contribution in [-0.4, -0.2) is 6.66 Å². The first kappa shape index (κ1) is 570. The van der Waals surface area contributed by atoms with E-state index in [2.05, 4.69) is 0 Å². The van der Waals surface area contributed by atoms with Crippen LogP contribution in [0.3, 0.4) is 0 Å². The Morgan fingerprint density at radius 1 is 0.500 bits per heavy atom. The van der Waals surface area contributed by atoms with Crippen molar-refractivity contribution in [3.05, 3.63) is 0 Å². The van der Waals surface area contributed by atoms with Gasteiger partial charge in [0.25, 0.3) is 0 Å². The Hall–Kier alpha value is 0.0300. The first-order chi connectivity index (χ1) is 1.73. The van der Waals surface area contributed by atoms with Crippen LogP contribution in [0.25, 0.3) is 0 Å². The van der Waals surface area contributed by atoms with Gasteiger partial charge in [-0.05, 0) is 4.57 Å². The molecule has 0 N–H and O–H groups in total. The van der Waals surface area contributed by atoms with E-state index in [1.165, 1.54) is 0 Å². The third kappa shape index (κ3) is 4020000. The summed E-state index contributed by atoms with van der Waals surface area (Å²) < 4.78 is 19.4. The van der Waals surface area contributed by atoms with E-state index in [0.717, 1.165) is 6.66 Å². The van der Waals surface area contributed by atoms with Gasteiger partial charge in [-0.3, -0.25) is 0 Å². The highest BCUT2D eigenvalue weighted by molar-refractivity contribution is 7.37. The van der Waals surface area contributed by atoms with Crippen LogP contribution in [0, 0.1) is 0 Å². The zero-order chi connectivity index (χ0) is 3.58. The van der Waals surface area contributed by atoms with E-state index in [4.69, 9.17) is 4.57 Å². The highest BCUT2D eigenvalue weighted by atomic mass is 31.1. The SMILES string of the molecule is C.C.C.C.C.C.C.C.C.C.C.C.C.C.C[P+](=O)F. The second kappa shape index (κ2) is 477. The molecule has 0 saturated heterocycles. The highest BCUT2D eigenvalue weighted by Gasteiger charge is 1.92. The molecule has 0 heterocycles. The van der Waals surface area contributed by atoms with Gasteiger partial charge in [0.1, 0.15) is 0 Å². The summed E-state index contributed by atoms with van der Waals surface area (Å²) in [6, 6.07) is 0. The molecule has 0 aromatic carbocycles. The molecule has 0 fully saturated rings. The minimum Gasteiger partial charge on any atom is -0.0776 e. The Labute approximate surface area is 128 Å². The first-order valence-corrected chi connectivity index (χ1v) is 2.40. The fraction of sp³-hybridized carbons (Fsp3) is 1.00. The average molecular weight is 306 g/mol. The molecular formula is C15H59FOP+. The summed E-state index contributed by atoms with van der Waals surface area (Å²) in [5.41, 5.74) is 0. The lowest BCUT2D eigenvalue weighted by molar-refractivity contribution is 0.564. The van der Waals surface area contributed by atoms with Crippen molar-refractivity contribution in [3.63, 3.8) is 0 Å². The number of hydrogen-bond acceptors (Lipinski definition) is 1. The lowest BCUT2D eigenvalue weighted by Gasteiger charge is -1.28. The second-order valence-corrected chi connectivity index (χ2v) is 1.26. The minimum atomic E-state index is -2.37. The van der Waals surface area contributed by atoms with Crippen molar-refractivity contribution >= 4 is 8.11 Å². The normalized spacial score (nSPS) is 2.44. The van der Waals surface area contributed by atoms with Crippen molar-refractivity contribution in [2.75, 3.05) is 6.66 Å². The van der Waals surface area contributed by atoms with Gasteiger partial charge < -0.3 is 0 Å². The Kier molecular flexibility index (Phi) is 15100. The van der Waals surface area contributed by atoms with Crippen LogP contribution >= 0.6 is 8.11 Å². The van der Waals surface area contributed by atoms with Gasteiger partial charge in [-0.2, -0.15) is 0 Å². The molecule has 0 spiro atoms. The summed E-state index contributed by atoms with van der Waals surface area (Å²) in [6.07, 6.45) is 0. The van der Waals surface area contributed by atoms with Crippen LogP contribution in [0.15, 0.2) is 0 Å². The largest absolute Gasteiger partial charge is 0.554 e. The summed E-state index contributed by atoms with van der Waals surface area (Å²) in [6.45, 7) is 1.01. The molecule has 0 amide bonds. The van der Waals surface area contributed by atoms with Crippen LogP contribution in [0.2, 0.25) is 0 Å². The summed E-state index contributed by atoms with van der Waals surface area (Å²) in [7, 11) is -2.37. The molecule has 1 nitrogen and oxygen atoms in total. The molecule has 0 aliphatic rings. The third-order valence-electron chi connectivity index (χ3n) is 0. The van der Waals surface area contributed by atoms with E-state index < -0.39 is 8.11 Å². The number of hydrogen-bond donors (Lipinski definition) is 0. The van der Waals surface area contributed by atoms with Crippen molar-refractivity contribution in [3.8, 4) is 0 Å². The topological polar surface area (TPSA) is 17.1 Å². The zero-order valence-electron chi connectivity index (χ0n) is 2.23. The fourth-order valence-electron chi connectivity index (χ4n) is 0. The summed E-state index contributed by atoms with van der Waals surface area (Å²) in [4.78, 5) is 0. The summed E-state index contributed by atoms with van der Waals surface area (Å²) >= 11 is 0. The molecule has 0 saturated carbocycles. The van der Waals surface area contributed by atoms with Crippen molar-refractivity contribution in [2.45, 2.75) is 104 Å². The Bertz CT molecular complexity index is 39.5. The fourth-order valence-corrected chi connectivity index (χ4v) is 0. The van der Waals surface area contributed by atoms with Gasteiger partial charge in [0.15, 0.2) is 6.66 Å². The van der Waals surface area contributed by atoms with Crippen molar-refractivity contribution < 1.29 is 8.76 Å². The van der Waals surface area contributed by atoms with Crippen molar-refractivity contribution in [2.24, 2.45) is 0 Å². The van der Waals surface area contributed by atoms with Gasteiger partial charge in [0.05, 0.1) is 4.20 Å². The van der Waals surface area contributed by atoms with Gasteiger partial charge in [-0.1, -0.05) is 104 Å². The first-order valence-electron chi connectivity index (χ1n) is 0.799. The second-order valence-electron chi connectivity index (χ2n) is 0.421. The Morgan fingerprint density at radius 2 is 0.500 bits per heavy atom. The van der Waals surface area contributed by atoms with Gasteiger partial charge in [-0.15, -0.1) is 0 Å². The molecule has 1 unspecified atom stereocenters. The molecule has 0 aliphatic carbocycles. The molecule has 0 aliphatic heterocycles. The molecular weight excluding hydrogens is 246 g/mol. The van der Waals surface area contributed by atoms with Gasteiger partial charge in [0, 0.05) is 0 Å². The molecule has 3 heteroatoms. The Morgan fingerprint density at radius 3 is 0.500 bits per heavy atom. The molecule has 0 bridgehead atoms. The molecule has 136 valence electrons. The number of halogens is 1. The van der Waals surface area contributed by atoms with Crippen LogP contribution in [0.4, 0.5) is 4.20 Å². The predicted molar refractivity (Wildman–Crippen MR) is 109 cm³/mol. The van der Waals surface area contributed by atoms with E-state index in [1.54, 1.807) is 0 Å². The maximum absolute atomic E-state index is 10.5. The summed E-state index contributed by atoms with van der Waals surface area (Å²) in [5.74, 6) is 0. The quantitative estimate of drug-likeness (QED) is 0.407. The molecule has 0 rings (SSSR count). The number of rotatable bonds is 0. The highest BCUT2D eigenvalue weighted by Crippen LogP contribution is 2.11. The lowest BCUT2D eigenvalue weighted by atomic mass is 12.0. The Balaban J connectivity index is -0.000000000495. The molecule has 0 radical (unpaired) electrons. The van der Waals surface area contributed by atoms with Crippen molar-refractivity contribution in [1.29, 1.82) is 0 Å². The monoisotopic (exact) mass is 305 g/mol. The molecule has 1 atom stereocenters. The van der Waals surface area contributed by atoms with Crippen LogP contribution in [0.5, 0.6) is 0 Å². The van der Waals surface area contributed by atoms with Gasteiger partial charge >= 0.3 is 8.11 Å². The predicted octanol–water partition coefficient (Wildman–Crippen LogP) is 10.2. The van der Waals surface area contributed by atoms with Crippen LogP contribution in [-0.2, 0) is 4.57 Å². The maximum Gasteiger partial charge on any atom is 0.554 e. The van der Waals surface area contributed by atoms with Crippen molar-refractivity contribution in [1.82, 2.24) is 0 Å². The van der Waals surface area contributed by atoms with E-state index in [-0.39, 0.29) is 104 Å². The summed E-state index contributed by atoms with van der Waals surface area (Å²) in [5, 5.41) is 0. The third-order valence-corrected chi connectivity index (χ3v) is 0. The molecule has 0 aromatic heterocycles. The molecule has 18 heavy (non-hydrogen) atoms. The van der Waals surface area contributed by atoms with E-state index >= 15 is 0 Å². The minimum absolute atomic E-state index is 0. The van der Waals surface area contributed by atoms with E-state index in [1.807, 2.05) is 0 Å². The van der Waals surface area contributed by atoms with E-state index in [9.17, 15) is 4.20 Å². The average Bonchev–Trinajstić information content (AvgIpc) is 0.811. The lowest BCUT2D eigenvalue weighted by Crippen LogP contribution is -1.21. The molecule has 0 aromatic rings. The van der Waals surface area contributed by atoms with Crippen LogP contribution in [0.1, 0.15) is 104 Å². The maximum atomic E-state index is 10.5. The standard InChI is InChI=1S/CH3FOP.14CH4/c1-4(2)3;;;;;;;;;;;;;;/h1H3;14*1H4/q+1;;;;;;;;;;;;;;. The zero-order valence-corrected chi connectivity index (χ0v) is 3.13.